The molecular formula is C25H30N4O4S2. The monoisotopic (exact) mass is 514 g/mol. The number of thioether (sulfide) groups is 1. The van der Waals surface area contributed by atoms with Crippen molar-refractivity contribution < 1.29 is 19.1 Å². The van der Waals surface area contributed by atoms with Crippen LogP contribution in [0.4, 0.5) is 5.00 Å². The molecule has 4 rings (SSSR count). The van der Waals surface area contributed by atoms with E-state index >= 15 is 0 Å². The second-order valence-electron chi connectivity index (χ2n) is 8.24. The average Bonchev–Trinajstić information content (AvgIpc) is 3.62. The van der Waals surface area contributed by atoms with Crippen molar-refractivity contribution in [2.75, 3.05) is 18.2 Å². The molecule has 10 heteroatoms. The third kappa shape index (κ3) is 6.05. The molecule has 0 aliphatic heterocycles. The molecule has 8 nitrogen and oxygen atoms in total. The van der Waals surface area contributed by atoms with Crippen molar-refractivity contribution in [3.63, 3.8) is 0 Å². The summed E-state index contributed by atoms with van der Waals surface area (Å²) in [5.41, 5.74) is 1.33. The Morgan fingerprint density at radius 1 is 1.17 bits per heavy atom. The predicted molar refractivity (Wildman–Crippen MR) is 138 cm³/mol. The first-order valence-electron chi connectivity index (χ1n) is 11.9. The minimum absolute atomic E-state index is 0.145. The fraction of sp³-hybridized carbons (Fsp3) is 0.440. The lowest BCUT2D eigenvalue weighted by Gasteiger charge is -2.13. The molecule has 1 aromatic carbocycles. The number of methoxy groups -OCH3 is 1. The Bertz CT molecular complexity index is 1170. The first-order valence-corrected chi connectivity index (χ1v) is 13.7. The molecule has 0 atom stereocenters. The van der Waals surface area contributed by atoms with Crippen LogP contribution in [0.1, 0.15) is 54.8 Å². The quantitative estimate of drug-likeness (QED) is 0.285. The van der Waals surface area contributed by atoms with E-state index in [1.54, 1.807) is 6.07 Å². The molecule has 1 N–H and O–H groups in total. The number of nitrogens with zero attached hydrogens (tertiary/aromatic N) is 3. The van der Waals surface area contributed by atoms with Crippen molar-refractivity contribution in [2.45, 2.75) is 63.8 Å². The highest BCUT2D eigenvalue weighted by Gasteiger charge is 2.20. The topological polar surface area (TPSA) is 95.3 Å². The third-order valence-electron chi connectivity index (χ3n) is 5.87. The third-order valence-corrected chi connectivity index (χ3v) is 8.03. The summed E-state index contributed by atoms with van der Waals surface area (Å²) < 4.78 is 12.9. The molecule has 2 heterocycles. The fourth-order valence-electron chi connectivity index (χ4n) is 4.04. The lowest BCUT2D eigenvalue weighted by atomic mass is 10.2. The lowest BCUT2D eigenvalue weighted by molar-refractivity contribution is -0.113. The zero-order chi connectivity index (χ0) is 24.8. The van der Waals surface area contributed by atoms with Crippen LogP contribution in [0.25, 0.3) is 11.4 Å². The maximum Gasteiger partial charge on any atom is 0.340 e. The number of carbonyl (C=O) groups is 2. The van der Waals surface area contributed by atoms with E-state index in [0.29, 0.717) is 28.4 Å². The van der Waals surface area contributed by atoms with Gasteiger partial charge in [0.05, 0.1) is 24.5 Å². The van der Waals surface area contributed by atoms with Crippen molar-refractivity contribution in [1.29, 1.82) is 0 Å². The molecule has 0 bridgehead atoms. The molecule has 1 amide bonds. The van der Waals surface area contributed by atoms with Gasteiger partial charge in [0.1, 0.15) is 10.8 Å². The van der Waals surface area contributed by atoms with Crippen LogP contribution in [0.3, 0.4) is 0 Å². The lowest BCUT2D eigenvalue weighted by Crippen LogP contribution is -2.16. The minimum atomic E-state index is -0.459. The Hall–Kier alpha value is -2.85. The van der Waals surface area contributed by atoms with Crippen LogP contribution in [0, 0.1) is 0 Å². The molecule has 1 fully saturated rings. The van der Waals surface area contributed by atoms with E-state index in [4.69, 9.17) is 9.47 Å². The van der Waals surface area contributed by atoms with Crippen LogP contribution < -0.4 is 10.1 Å². The summed E-state index contributed by atoms with van der Waals surface area (Å²) in [6.45, 7) is 4.69. The number of anilines is 1. The van der Waals surface area contributed by atoms with E-state index in [1.165, 1.54) is 43.1 Å². The Morgan fingerprint density at radius 3 is 2.57 bits per heavy atom. The number of esters is 1. The SMILES string of the molecule is CCc1cc(C(=O)OC)c(NC(=O)CSc2nnc(-c3ccc(OC4CCCC4)cc3)n2CC)s1. The van der Waals surface area contributed by atoms with E-state index in [9.17, 15) is 9.59 Å². The highest BCUT2D eigenvalue weighted by atomic mass is 32.2. The maximum absolute atomic E-state index is 12.7. The first kappa shape index (κ1) is 25.2. The van der Waals surface area contributed by atoms with Crippen LogP contribution in [0.15, 0.2) is 35.5 Å². The molecule has 0 unspecified atom stereocenters. The first-order chi connectivity index (χ1) is 17.0. The van der Waals surface area contributed by atoms with Gasteiger partial charge in [-0.25, -0.2) is 4.79 Å². The zero-order valence-corrected chi connectivity index (χ0v) is 21.8. The highest BCUT2D eigenvalue weighted by Crippen LogP contribution is 2.31. The minimum Gasteiger partial charge on any atom is -0.490 e. The molecule has 1 saturated carbocycles. The number of thiophene rings is 1. The Labute approximate surface area is 213 Å². The predicted octanol–water partition coefficient (Wildman–Crippen LogP) is 5.43. The van der Waals surface area contributed by atoms with Crippen LogP contribution in [0.2, 0.25) is 0 Å². The van der Waals surface area contributed by atoms with E-state index < -0.39 is 5.97 Å². The van der Waals surface area contributed by atoms with Gasteiger partial charge in [0.15, 0.2) is 11.0 Å². The number of carbonyl (C=O) groups excluding carboxylic acids is 2. The number of rotatable bonds is 10. The van der Waals surface area contributed by atoms with Crippen molar-refractivity contribution in [2.24, 2.45) is 0 Å². The Balaban J connectivity index is 1.40. The average molecular weight is 515 g/mol. The standard InChI is InChI=1S/C25H30N4O4S2/c1-4-19-14-20(24(31)32-3)23(35-19)26-21(30)15-34-25-28-27-22(29(25)5-2)16-10-12-18(13-11-16)33-17-8-6-7-9-17/h10-14,17H,4-9,15H2,1-3H3,(H,26,30). The zero-order valence-electron chi connectivity index (χ0n) is 20.2. The molecule has 186 valence electrons. The smallest absolute Gasteiger partial charge is 0.340 e. The molecule has 3 aromatic rings. The van der Waals surface area contributed by atoms with Gasteiger partial charge in [-0.2, -0.15) is 0 Å². The van der Waals surface area contributed by atoms with Crippen molar-refractivity contribution in [3.8, 4) is 17.1 Å². The van der Waals surface area contributed by atoms with E-state index in [2.05, 4.69) is 15.5 Å². The Kier molecular flexibility index (Phi) is 8.46. The summed E-state index contributed by atoms with van der Waals surface area (Å²) in [6, 6.07) is 9.72. The van der Waals surface area contributed by atoms with Gasteiger partial charge in [0, 0.05) is 17.0 Å². The van der Waals surface area contributed by atoms with Gasteiger partial charge in [-0.1, -0.05) is 18.7 Å². The highest BCUT2D eigenvalue weighted by molar-refractivity contribution is 7.99. The van der Waals surface area contributed by atoms with Crippen LogP contribution in [-0.2, 0) is 22.5 Å². The number of ether oxygens (including phenoxy) is 2. The van der Waals surface area contributed by atoms with Gasteiger partial charge in [-0.3, -0.25) is 4.79 Å². The van der Waals surface area contributed by atoms with Gasteiger partial charge in [-0.05, 0) is 69.4 Å². The van der Waals surface area contributed by atoms with Gasteiger partial charge in [-0.15, -0.1) is 21.5 Å². The van der Waals surface area contributed by atoms with Crippen LogP contribution in [-0.4, -0.2) is 45.6 Å². The van der Waals surface area contributed by atoms with E-state index in [1.807, 2.05) is 42.7 Å². The summed E-state index contributed by atoms with van der Waals surface area (Å²) in [6.07, 6.45) is 5.81. The van der Waals surface area contributed by atoms with Crippen LogP contribution in [0.5, 0.6) is 5.75 Å². The molecule has 2 aromatic heterocycles. The number of benzene rings is 1. The number of aryl methyl sites for hydroxylation is 1. The largest absolute Gasteiger partial charge is 0.490 e. The van der Waals surface area contributed by atoms with Crippen molar-refractivity contribution in [1.82, 2.24) is 14.8 Å². The maximum atomic E-state index is 12.7. The molecule has 1 aliphatic carbocycles. The van der Waals surface area contributed by atoms with Gasteiger partial charge in [0.25, 0.3) is 0 Å². The van der Waals surface area contributed by atoms with E-state index in [0.717, 1.165) is 41.3 Å². The van der Waals surface area contributed by atoms with Gasteiger partial charge >= 0.3 is 5.97 Å². The number of hydrogen-bond acceptors (Lipinski definition) is 8. The number of nitrogens with one attached hydrogen (secondary N) is 1. The fourth-order valence-corrected chi connectivity index (χ4v) is 5.84. The van der Waals surface area contributed by atoms with Gasteiger partial charge < -0.3 is 19.4 Å². The number of amides is 1. The molecule has 35 heavy (non-hydrogen) atoms. The van der Waals surface area contributed by atoms with Gasteiger partial charge in [0.2, 0.25) is 5.91 Å². The summed E-state index contributed by atoms with van der Waals surface area (Å²) in [7, 11) is 1.33. The molecule has 0 saturated heterocycles. The second-order valence-corrected chi connectivity index (χ2v) is 10.3. The second kappa shape index (κ2) is 11.7. The Morgan fingerprint density at radius 2 is 1.91 bits per heavy atom. The summed E-state index contributed by atoms with van der Waals surface area (Å²) >= 11 is 2.70. The molecule has 0 radical (unpaired) electrons. The van der Waals surface area contributed by atoms with E-state index in [-0.39, 0.29) is 11.7 Å². The molecule has 0 spiro atoms. The number of aromatic nitrogens is 3. The summed E-state index contributed by atoms with van der Waals surface area (Å²) in [5, 5.41) is 12.7. The number of hydrogen-bond donors (Lipinski definition) is 1. The summed E-state index contributed by atoms with van der Waals surface area (Å²) in [4.78, 5) is 25.7. The normalized spacial score (nSPS) is 13.7. The molecule has 1 aliphatic rings. The van der Waals surface area contributed by atoms with Crippen LogP contribution >= 0.6 is 23.1 Å². The van der Waals surface area contributed by atoms with Crippen molar-refractivity contribution >= 4 is 40.0 Å². The van der Waals surface area contributed by atoms with Crippen molar-refractivity contribution in [3.05, 3.63) is 40.8 Å². The summed E-state index contributed by atoms with van der Waals surface area (Å²) in [5.74, 6) is 1.10. The molecular weight excluding hydrogens is 484 g/mol.